The standard InChI is InChI=1S/C15H17Cl2N5O3/c16-11-8-10(22(24)25)9-12(17)14(11)18-5-3-7-21-15(23)20-6-2-1-4-13(20)19-21/h8-9,18H,1-7H2. The zero-order valence-electron chi connectivity index (χ0n) is 13.4. The van der Waals surface area contributed by atoms with Crippen LogP contribution in [-0.2, 0) is 19.5 Å². The molecule has 134 valence electrons. The zero-order chi connectivity index (χ0) is 18.0. The average molecular weight is 386 g/mol. The summed E-state index contributed by atoms with van der Waals surface area (Å²) in [5.74, 6) is 0.852. The highest BCUT2D eigenvalue weighted by Crippen LogP contribution is 2.34. The normalized spacial score (nSPS) is 13.5. The van der Waals surface area contributed by atoms with Gasteiger partial charge in [0.1, 0.15) is 5.82 Å². The Hall–Kier alpha value is -2.06. The molecule has 0 atom stereocenters. The molecule has 0 bridgehead atoms. The van der Waals surface area contributed by atoms with Gasteiger partial charge in [-0.1, -0.05) is 23.2 Å². The van der Waals surface area contributed by atoms with Crippen LogP contribution >= 0.6 is 23.2 Å². The smallest absolute Gasteiger partial charge is 0.345 e. The van der Waals surface area contributed by atoms with Crippen molar-refractivity contribution in [2.24, 2.45) is 0 Å². The van der Waals surface area contributed by atoms with Crippen LogP contribution in [0.15, 0.2) is 16.9 Å². The molecule has 1 N–H and O–H groups in total. The molecule has 25 heavy (non-hydrogen) atoms. The average Bonchev–Trinajstić information content (AvgIpc) is 2.89. The Labute approximate surface area is 153 Å². The number of nitrogens with one attached hydrogen (secondary N) is 1. The van der Waals surface area contributed by atoms with Gasteiger partial charge in [0.2, 0.25) is 0 Å². The van der Waals surface area contributed by atoms with Crippen LogP contribution in [0.3, 0.4) is 0 Å². The summed E-state index contributed by atoms with van der Waals surface area (Å²) < 4.78 is 3.22. The third-order valence-corrected chi connectivity index (χ3v) is 4.71. The Morgan fingerprint density at radius 2 is 2.00 bits per heavy atom. The fourth-order valence-electron chi connectivity index (χ4n) is 2.87. The second-order valence-electron chi connectivity index (χ2n) is 5.85. The molecule has 0 amide bonds. The molecule has 2 aromatic rings. The molecule has 0 saturated heterocycles. The minimum Gasteiger partial charge on any atom is -0.383 e. The number of halogens is 2. The molecular weight excluding hydrogens is 369 g/mol. The summed E-state index contributed by atoms with van der Waals surface area (Å²) >= 11 is 12.1. The minimum absolute atomic E-state index is 0.0684. The van der Waals surface area contributed by atoms with E-state index < -0.39 is 4.92 Å². The number of fused-ring (bicyclic) bond motifs is 1. The van der Waals surface area contributed by atoms with Crippen LogP contribution < -0.4 is 11.0 Å². The highest BCUT2D eigenvalue weighted by atomic mass is 35.5. The summed E-state index contributed by atoms with van der Waals surface area (Å²) in [6, 6.07) is 2.51. The molecule has 0 unspecified atom stereocenters. The Morgan fingerprint density at radius 3 is 2.64 bits per heavy atom. The molecule has 10 heteroatoms. The van der Waals surface area contributed by atoms with E-state index in [1.54, 1.807) is 4.57 Å². The van der Waals surface area contributed by atoms with Crippen molar-refractivity contribution in [1.82, 2.24) is 14.3 Å². The first-order valence-electron chi connectivity index (χ1n) is 8.01. The Bertz CT molecular complexity index is 838. The van der Waals surface area contributed by atoms with E-state index in [0.717, 1.165) is 31.6 Å². The fourth-order valence-corrected chi connectivity index (χ4v) is 3.48. The Balaban J connectivity index is 1.60. The first-order chi connectivity index (χ1) is 12.0. The quantitative estimate of drug-likeness (QED) is 0.468. The van der Waals surface area contributed by atoms with Crippen molar-refractivity contribution >= 4 is 34.6 Å². The van der Waals surface area contributed by atoms with Crippen molar-refractivity contribution < 1.29 is 4.92 Å². The van der Waals surface area contributed by atoms with E-state index in [0.29, 0.717) is 25.2 Å². The topological polar surface area (TPSA) is 95.0 Å². The van der Waals surface area contributed by atoms with Gasteiger partial charge in [-0.3, -0.25) is 14.7 Å². The number of rotatable bonds is 6. The van der Waals surface area contributed by atoms with Gasteiger partial charge in [0.25, 0.3) is 5.69 Å². The number of aryl methyl sites for hydroxylation is 2. The number of nitro benzene ring substituents is 1. The van der Waals surface area contributed by atoms with Crippen LogP contribution in [0.5, 0.6) is 0 Å². The second-order valence-corrected chi connectivity index (χ2v) is 6.67. The first-order valence-corrected chi connectivity index (χ1v) is 8.77. The number of nitrogens with zero attached hydrogens (tertiary/aromatic N) is 4. The first kappa shape index (κ1) is 17.8. The van der Waals surface area contributed by atoms with Crippen LogP contribution in [-0.4, -0.2) is 25.8 Å². The molecule has 0 spiro atoms. The van der Waals surface area contributed by atoms with Gasteiger partial charge >= 0.3 is 5.69 Å². The van der Waals surface area contributed by atoms with E-state index in [1.165, 1.54) is 16.8 Å². The van der Waals surface area contributed by atoms with E-state index in [-0.39, 0.29) is 21.4 Å². The van der Waals surface area contributed by atoms with Crippen LogP contribution in [0.1, 0.15) is 25.1 Å². The summed E-state index contributed by atoms with van der Waals surface area (Å²) in [4.78, 5) is 22.5. The van der Waals surface area contributed by atoms with Crippen molar-refractivity contribution in [3.8, 4) is 0 Å². The monoisotopic (exact) mass is 385 g/mol. The summed E-state index contributed by atoms with van der Waals surface area (Å²) in [6.07, 6.45) is 3.56. The van der Waals surface area contributed by atoms with Crippen LogP contribution in [0, 0.1) is 10.1 Å². The third kappa shape index (κ3) is 3.80. The van der Waals surface area contributed by atoms with Gasteiger partial charge in [-0.25, -0.2) is 9.48 Å². The number of hydrogen-bond donors (Lipinski definition) is 1. The van der Waals surface area contributed by atoms with Crippen molar-refractivity contribution in [1.29, 1.82) is 0 Å². The van der Waals surface area contributed by atoms with Crippen molar-refractivity contribution in [3.63, 3.8) is 0 Å². The fraction of sp³-hybridized carbons (Fsp3) is 0.467. The lowest BCUT2D eigenvalue weighted by Gasteiger charge is -2.10. The second kappa shape index (κ2) is 7.45. The summed E-state index contributed by atoms with van der Waals surface area (Å²) in [5.41, 5.74) is 0.224. The zero-order valence-corrected chi connectivity index (χ0v) is 14.9. The lowest BCUT2D eigenvalue weighted by Crippen LogP contribution is -2.27. The van der Waals surface area contributed by atoms with E-state index in [9.17, 15) is 14.9 Å². The molecule has 0 aliphatic carbocycles. The minimum atomic E-state index is -0.547. The van der Waals surface area contributed by atoms with Crippen molar-refractivity contribution in [2.75, 3.05) is 11.9 Å². The number of hydrogen-bond acceptors (Lipinski definition) is 5. The SMILES string of the molecule is O=c1n(CCCNc2c(Cl)cc([N+](=O)[O-])cc2Cl)nc2n1CCCC2. The molecule has 8 nitrogen and oxygen atoms in total. The molecule has 1 aliphatic heterocycles. The number of benzene rings is 1. The molecule has 1 aromatic heterocycles. The molecule has 0 fully saturated rings. The van der Waals surface area contributed by atoms with Crippen LogP contribution in [0.4, 0.5) is 11.4 Å². The molecule has 1 aliphatic rings. The predicted octanol–water partition coefficient (Wildman–Crippen LogP) is 3.10. The van der Waals surface area contributed by atoms with Crippen LogP contribution in [0.2, 0.25) is 10.0 Å². The van der Waals surface area contributed by atoms with E-state index >= 15 is 0 Å². The van der Waals surface area contributed by atoms with Gasteiger partial charge in [-0.2, -0.15) is 5.10 Å². The Morgan fingerprint density at radius 1 is 1.28 bits per heavy atom. The number of non-ortho nitro benzene ring substituents is 1. The van der Waals surface area contributed by atoms with Gasteiger partial charge in [-0.05, 0) is 19.3 Å². The predicted molar refractivity (Wildman–Crippen MR) is 95.6 cm³/mol. The van der Waals surface area contributed by atoms with E-state index in [1.807, 2.05) is 0 Å². The third-order valence-electron chi connectivity index (χ3n) is 4.12. The highest BCUT2D eigenvalue weighted by molar-refractivity contribution is 6.39. The van der Waals surface area contributed by atoms with Gasteiger partial charge in [0.15, 0.2) is 0 Å². The van der Waals surface area contributed by atoms with E-state index in [2.05, 4.69) is 10.4 Å². The molecule has 0 saturated carbocycles. The maximum atomic E-state index is 12.2. The maximum absolute atomic E-state index is 12.2. The number of nitro groups is 1. The van der Waals surface area contributed by atoms with Gasteiger partial charge in [0, 0.05) is 38.2 Å². The molecule has 2 heterocycles. The Kier molecular flexibility index (Phi) is 5.29. The molecule has 0 radical (unpaired) electrons. The number of anilines is 1. The van der Waals surface area contributed by atoms with Crippen molar-refractivity contribution in [2.45, 2.75) is 38.8 Å². The summed E-state index contributed by atoms with van der Waals surface area (Å²) in [5, 5.41) is 18.6. The molecule has 3 rings (SSSR count). The van der Waals surface area contributed by atoms with Crippen molar-refractivity contribution in [3.05, 3.63) is 48.6 Å². The van der Waals surface area contributed by atoms with Gasteiger partial charge in [0.05, 0.1) is 20.7 Å². The maximum Gasteiger partial charge on any atom is 0.345 e. The van der Waals surface area contributed by atoms with Gasteiger partial charge < -0.3 is 5.32 Å². The van der Waals surface area contributed by atoms with Crippen LogP contribution in [0.25, 0.3) is 0 Å². The van der Waals surface area contributed by atoms with Gasteiger partial charge in [-0.15, -0.1) is 0 Å². The summed E-state index contributed by atoms with van der Waals surface area (Å²) in [6.45, 7) is 1.72. The largest absolute Gasteiger partial charge is 0.383 e. The number of aromatic nitrogens is 3. The van der Waals surface area contributed by atoms with E-state index in [4.69, 9.17) is 23.2 Å². The molecule has 1 aromatic carbocycles. The highest BCUT2D eigenvalue weighted by Gasteiger charge is 2.17. The summed E-state index contributed by atoms with van der Waals surface area (Å²) in [7, 11) is 0. The lowest BCUT2D eigenvalue weighted by molar-refractivity contribution is -0.384. The molecular formula is C15H17Cl2N5O3. The lowest BCUT2D eigenvalue weighted by atomic mass is 10.2.